The van der Waals surface area contributed by atoms with Crippen molar-refractivity contribution >= 4 is 11.9 Å². The van der Waals surface area contributed by atoms with Crippen LogP contribution >= 0.6 is 0 Å². The summed E-state index contributed by atoms with van der Waals surface area (Å²) in [7, 11) is 0. The first-order chi connectivity index (χ1) is 9.65. The minimum absolute atomic E-state index is 0.00949. The van der Waals surface area contributed by atoms with Gasteiger partial charge in [0.1, 0.15) is 0 Å². The van der Waals surface area contributed by atoms with E-state index in [-0.39, 0.29) is 24.5 Å². The zero-order chi connectivity index (χ0) is 14.5. The van der Waals surface area contributed by atoms with E-state index in [9.17, 15) is 14.7 Å². The fourth-order valence-electron chi connectivity index (χ4n) is 3.35. The van der Waals surface area contributed by atoms with Crippen molar-refractivity contribution in [1.82, 2.24) is 4.90 Å². The predicted octanol–water partition coefficient (Wildman–Crippen LogP) is 1.64. The smallest absolute Gasteiger partial charge is 0.307 e. The van der Waals surface area contributed by atoms with E-state index in [1.807, 2.05) is 4.90 Å². The molecule has 2 rings (SSSR count). The molecule has 2 fully saturated rings. The van der Waals surface area contributed by atoms with Gasteiger partial charge in [0.15, 0.2) is 0 Å². The molecule has 0 aromatic heterocycles. The van der Waals surface area contributed by atoms with Crippen molar-refractivity contribution in [1.29, 1.82) is 0 Å². The highest BCUT2D eigenvalue weighted by molar-refractivity contribution is 5.85. The third kappa shape index (κ3) is 3.32. The topological polar surface area (TPSA) is 77.8 Å². The quantitative estimate of drug-likeness (QED) is 0.777. The summed E-state index contributed by atoms with van der Waals surface area (Å²) in [6.07, 6.45) is 6.90. The Balaban J connectivity index is 2.05. The first-order valence-corrected chi connectivity index (χ1v) is 7.79. The van der Waals surface area contributed by atoms with Crippen molar-refractivity contribution in [3.05, 3.63) is 0 Å². The van der Waals surface area contributed by atoms with Crippen LogP contribution in [0.3, 0.4) is 0 Å². The highest BCUT2D eigenvalue weighted by atomic mass is 16.4. The van der Waals surface area contributed by atoms with Gasteiger partial charge in [0.2, 0.25) is 5.91 Å². The van der Waals surface area contributed by atoms with E-state index < -0.39 is 11.9 Å². The summed E-state index contributed by atoms with van der Waals surface area (Å²) in [4.78, 5) is 25.9. The number of carboxylic acids is 1. The molecular formula is C15H25NO4. The van der Waals surface area contributed by atoms with Crippen molar-refractivity contribution in [2.24, 2.45) is 11.8 Å². The lowest BCUT2D eigenvalue weighted by Crippen LogP contribution is -2.50. The summed E-state index contributed by atoms with van der Waals surface area (Å²) < 4.78 is 0. The Kier molecular flexibility index (Phi) is 5.40. The molecule has 0 aromatic rings. The van der Waals surface area contributed by atoms with Crippen molar-refractivity contribution in [3.63, 3.8) is 0 Å². The van der Waals surface area contributed by atoms with Gasteiger partial charge in [0.25, 0.3) is 0 Å². The predicted molar refractivity (Wildman–Crippen MR) is 74.1 cm³/mol. The zero-order valence-corrected chi connectivity index (χ0v) is 12.0. The van der Waals surface area contributed by atoms with Crippen molar-refractivity contribution in [3.8, 4) is 0 Å². The maximum Gasteiger partial charge on any atom is 0.307 e. The molecule has 0 saturated heterocycles. The Morgan fingerprint density at radius 2 is 1.65 bits per heavy atom. The van der Waals surface area contributed by atoms with Crippen LogP contribution in [0.4, 0.5) is 0 Å². The number of rotatable bonds is 6. The Morgan fingerprint density at radius 3 is 2.15 bits per heavy atom. The highest BCUT2D eigenvalue weighted by Gasteiger charge is 2.40. The molecule has 0 aliphatic heterocycles. The Labute approximate surface area is 120 Å². The molecule has 20 heavy (non-hydrogen) atoms. The van der Waals surface area contributed by atoms with Gasteiger partial charge in [-0.05, 0) is 38.5 Å². The number of carbonyl (C=O) groups excluding carboxylic acids is 1. The fourth-order valence-corrected chi connectivity index (χ4v) is 3.35. The van der Waals surface area contributed by atoms with Crippen LogP contribution in [0.5, 0.6) is 0 Å². The van der Waals surface area contributed by atoms with Crippen LogP contribution in [-0.4, -0.2) is 46.2 Å². The molecule has 2 saturated carbocycles. The van der Waals surface area contributed by atoms with E-state index in [2.05, 4.69) is 0 Å². The number of nitrogens with zero attached hydrogens (tertiary/aromatic N) is 1. The fraction of sp³-hybridized carbons (Fsp3) is 0.867. The summed E-state index contributed by atoms with van der Waals surface area (Å²) in [6, 6.07) is 0.269. The number of hydrogen-bond donors (Lipinski definition) is 2. The number of carboxylic acid groups (broad SMARTS) is 1. The number of aliphatic hydroxyl groups excluding tert-OH is 1. The molecule has 0 aromatic carbocycles. The van der Waals surface area contributed by atoms with Gasteiger partial charge in [-0.2, -0.15) is 0 Å². The molecule has 0 spiro atoms. The van der Waals surface area contributed by atoms with Crippen LogP contribution in [0, 0.1) is 11.8 Å². The first kappa shape index (κ1) is 15.3. The second kappa shape index (κ2) is 7.07. The van der Waals surface area contributed by atoms with Crippen LogP contribution in [-0.2, 0) is 9.59 Å². The van der Waals surface area contributed by atoms with Crippen LogP contribution in [0.25, 0.3) is 0 Å². The van der Waals surface area contributed by atoms with E-state index in [0.29, 0.717) is 25.8 Å². The van der Waals surface area contributed by atoms with E-state index >= 15 is 0 Å². The lowest BCUT2D eigenvalue weighted by Gasteiger charge is -2.41. The lowest BCUT2D eigenvalue weighted by molar-refractivity contribution is -0.154. The number of aliphatic hydroxyl groups is 1. The third-order valence-corrected chi connectivity index (χ3v) is 4.76. The maximum atomic E-state index is 12.7. The van der Waals surface area contributed by atoms with Gasteiger partial charge in [0, 0.05) is 19.2 Å². The van der Waals surface area contributed by atoms with E-state index in [1.165, 1.54) is 0 Å². The van der Waals surface area contributed by atoms with E-state index in [1.54, 1.807) is 0 Å². The summed E-state index contributed by atoms with van der Waals surface area (Å²) in [5, 5.41) is 18.3. The average Bonchev–Trinajstić information content (AvgIpc) is 2.40. The SMILES string of the molecule is O=C(O)C1CCCCC1C(=O)N(CCCO)C1CCC1. The molecule has 2 aliphatic carbocycles. The summed E-state index contributed by atoms with van der Waals surface area (Å²) in [5.74, 6) is -1.71. The molecule has 0 heterocycles. The van der Waals surface area contributed by atoms with Gasteiger partial charge in [-0.1, -0.05) is 12.8 Å². The zero-order valence-electron chi connectivity index (χ0n) is 12.0. The monoisotopic (exact) mass is 283 g/mol. The number of carbonyl (C=O) groups is 2. The van der Waals surface area contributed by atoms with Gasteiger partial charge in [-0.25, -0.2) is 0 Å². The molecule has 5 heteroatoms. The van der Waals surface area contributed by atoms with Gasteiger partial charge < -0.3 is 15.1 Å². The largest absolute Gasteiger partial charge is 0.481 e. The Hall–Kier alpha value is -1.10. The standard InChI is InChI=1S/C15H25NO4/c17-10-4-9-16(11-5-3-6-11)14(18)12-7-1-2-8-13(12)15(19)20/h11-13,17H,1-10H2,(H,19,20). The van der Waals surface area contributed by atoms with Crippen molar-refractivity contribution in [2.45, 2.75) is 57.4 Å². The molecule has 2 aliphatic rings. The van der Waals surface area contributed by atoms with Crippen molar-refractivity contribution < 1.29 is 19.8 Å². The molecular weight excluding hydrogens is 258 g/mol. The molecule has 5 nitrogen and oxygen atoms in total. The number of aliphatic carboxylic acids is 1. The van der Waals surface area contributed by atoms with Gasteiger partial charge in [-0.15, -0.1) is 0 Å². The van der Waals surface area contributed by atoms with Gasteiger partial charge >= 0.3 is 5.97 Å². The summed E-state index contributed by atoms with van der Waals surface area (Å²) in [6.45, 7) is 0.631. The number of hydrogen-bond acceptors (Lipinski definition) is 3. The lowest BCUT2D eigenvalue weighted by atomic mass is 9.77. The first-order valence-electron chi connectivity index (χ1n) is 7.79. The second-order valence-corrected chi connectivity index (χ2v) is 6.03. The summed E-state index contributed by atoms with van der Waals surface area (Å²) >= 11 is 0. The minimum Gasteiger partial charge on any atom is -0.481 e. The van der Waals surface area contributed by atoms with Crippen LogP contribution < -0.4 is 0 Å². The highest BCUT2D eigenvalue weighted by Crippen LogP contribution is 2.34. The Bertz CT molecular complexity index is 354. The van der Waals surface area contributed by atoms with Crippen LogP contribution in [0.15, 0.2) is 0 Å². The maximum absolute atomic E-state index is 12.7. The van der Waals surface area contributed by atoms with Crippen LogP contribution in [0.1, 0.15) is 51.4 Å². The van der Waals surface area contributed by atoms with Gasteiger partial charge in [0.05, 0.1) is 11.8 Å². The normalized spacial score (nSPS) is 26.9. The minimum atomic E-state index is -0.834. The molecule has 0 bridgehead atoms. The van der Waals surface area contributed by atoms with E-state index in [4.69, 9.17) is 5.11 Å². The molecule has 2 unspecified atom stereocenters. The molecule has 0 radical (unpaired) electrons. The van der Waals surface area contributed by atoms with E-state index in [0.717, 1.165) is 32.1 Å². The van der Waals surface area contributed by atoms with Crippen LogP contribution in [0.2, 0.25) is 0 Å². The second-order valence-electron chi connectivity index (χ2n) is 6.03. The molecule has 2 N–H and O–H groups in total. The summed E-state index contributed by atoms with van der Waals surface area (Å²) in [5.41, 5.74) is 0. The molecule has 1 amide bonds. The molecule has 114 valence electrons. The van der Waals surface area contributed by atoms with Crippen molar-refractivity contribution in [2.75, 3.05) is 13.2 Å². The molecule has 2 atom stereocenters. The average molecular weight is 283 g/mol. The van der Waals surface area contributed by atoms with Gasteiger partial charge in [-0.3, -0.25) is 9.59 Å². The number of amides is 1. The Morgan fingerprint density at radius 1 is 1.00 bits per heavy atom. The third-order valence-electron chi connectivity index (χ3n) is 4.76.